The van der Waals surface area contributed by atoms with Gasteiger partial charge in [-0.05, 0) is 30.7 Å². The summed E-state index contributed by atoms with van der Waals surface area (Å²) in [5.74, 6) is -1.66. The summed E-state index contributed by atoms with van der Waals surface area (Å²) in [4.78, 5) is 48.6. The Hall–Kier alpha value is -2.42. The molecular formula is C15H15BrN4O4. The second kappa shape index (κ2) is 6.23. The van der Waals surface area contributed by atoms with Crippen LogP contribution >= 0.6 is 15.9 Å². The van der Waals surface area contributed by atoms with Gasteiger partial charge in [0.25, 0.3) is 0 Å². The Balaban J connectivity index is 1.67. The van der Waals surface area contributed by atoms with Gasteiger partial charge in [-0.15, -0.1) is 0 Å². The number of aryl methyl sites for hydroxylation is 1. The Bertz CT molecular complexity index is 751. The zero-order valence-electron chi connectivity index (χ0n) is 12.8. The standard InChI is InChI=1S/C15H15BrN4O4/c1-8-4-10(2-3-11(8)16)19-6-9(5-13(19)22)14(23)18-20-7-12(21)17-15(20)24/h2-4,9H,5-7H2,1H3,(H,18,23)(H,17,21,24). The molecule has 2 fully saturated rings. The van der Waals surface area contributed by atoms with Gasteiger partial charge in [-0.1, -0.05) is 15.9 Å². The first-order valence-electron chi connectivity index (χ1n) is 7.33. The van der Waals surface area contributed by atoms with E-state index in [-0.39, 0.29) is 25.4 Å². The van der Waals surface area contributed by atoms with Crippen LogP contribution in [0.3, 0.4) is 0 Å². The molecule has 2 heterocycles. The molecule has 0 aliphatic carbocycles. The lowest BCUT2D eigenvalue weighted by Crippen LogP contribution is -2.47. The smallest absolute Gasteiger partial charge is 0.312 e. The molecule has 1 aromatic rings. The van der Waals surface area contributed by atoms with E-state index in [4.69, 9.17) is 0 Å². The fraction of sp³-hybridized carbons (Fsp3) is 0.333. The van der Waals surface area contributed by atoms with Crippen LogP contribution in [-0.2, 0) is 14.4 Å². The molecule has 5 amide bonds. The Morgan fingerprint density at radius 2 is 2.08 bits per heavy atom. The summed E-state index contributed by atoms with van der Waals surface area (Å²) >= 11 is 3.41. The summed E-state index contributed by atoms with van der Waals surface area (Å²) in [7, 11) is 0. The zero-order chi connectivity index (χ0) is 17.4. The van der Waals surface area contributed by atoms with Gasteiger partial charge in [-0.2, -0.15) is 0 Å². The molecule has 0 saturated carbocycles. The normalized spacial score (nSPS) is 20.6. The van der Waals surface area contributed by atoms with Gasteiger partial charge >= 0.3 is 6.03 Å². The Morgan fingerprint density at radius 3 is 2.71 bits per heavy atom. The van der Waals surface area contributed by atoms with E-state index in [0.29, 0.717) is 0 Å². The maximum Gasteiger partial charge on any atom is 0.343 e. The number of imide groups is 1. The SMILES string of the molecule is Cc1cc(N2CC(C(=O)NN3CC(=O)NC3=O)CC2=O)ccc1Br. The Labute approximate surface area is 146 Å². The molecule has 2 N–H and O–H groups in total. The van der Waals surface area contributed by atoms with Crippen LogP contribution in [0.5, 0.6) is 0 Å². The highest BCUT2D eigenvalue weighted by Crippen LogP contribution is 2.28. The summed E-state index contributed by atoms with van der Waals surface area (Å²) in [6, 6.07) is 4.86. The van der Waals surface area contributed by atoms with Crippen molar-refractivity contribution in [3.63, 3.8) is 0 Å². The van der Waals surface area contributed by atoms with Crippen molar-refractivity contribution in [1.29, 1.82) is 0 Å². The van der Waals surface area contributed by atoms with E-state index < -0.39 is 23.8 Å². The molecule has 126 valence electrons. The van der Waals surface area contributed by atoms with Crippen molar-refractivity contribution in [3.8, 4) is 0 Å². The minimum atomic E-state index is -0.668. The summed E-state index contributed by atoms with van der Waals surface area (Å²) in [6.45, 7) is 1.93. The van der Waals surface area contributed by atoms with Crippen molar-refractivity contribution in [3.05, 3.63) is 28.2 Å². The number of carbonyl (C=O) groups is 4. The lowest BCUT2D eigenvalue weighted by Gasteiger charge is -2.19. The highest BCUT2D eigenvalue weighted by Gasteiger charge is 2.37. The zero-order valence-corrected chi connectivity index (χ0v) is 14.4. The van der Waals surface area contributed by atoms with Gasteiger partial charge in [0.1, 0.15) is 6.54 Å². The average molecular weight is 395 g/mol. The summed E-state index contributed by atoms with van der Waals surface area (Å²) in [6.07, 6.45) is 0.0599. The van der Waals surface area contributed by atoms with E-state index >= 15 is 0 Å². The maximum atomic E-state index is 12.3. The van der Waals surface area contributed by atoms with Crippen molar-refractivity contribution in [2.75, 3.05) is 18.0 Å². The van der Waals surface area contributed by atoms with Gasteiger partial charge < -0.3 is 4.90 Å². The van der Waals surface area contributed by atoms with E-state index in [1.54, 1.807) is 4.90 Å². The molecule has 2 aliphatic heterocycles. The third kappa shape index (κ3) is 3.12. The van der Waals surface area contributed by atoms with Crippen molar-refractivity contribution in [2.45, 2.75) is 13.3 Å². The van der Waals surface area contributed by atoms with Crippen LogP contribution in [0, 0.1) is 12.8 Å². The first kappa shape index (κ1) is 16.4. The number of hydrogen-bond acceptors (Lipinski definition) is 4. The molecule has 0 aromatic heterocycles. The van der Waals surface area contributed by atoms with E-state index in [2.05, 4.69) is 26.7 Å². The number of halogens is 1. The van der Waals surface area contributed by atoms with E-state index in [9.17, 15) is 19.2 Å². The van der Waals surface area contributed by atoms with Gasteiger partial charge in [-0.25, -0.2) is 9.80 Å². The van der Waals surface area contributed by atoms with Crippen LogP contribution in [0.2, 0.25) is 0 Å². The van der Waals surface area contributed by atoms with Crippen LogP contribution in [0.4, 0.5) is 10.5 Å². The predicted octanol–water partition coefficient (Wildman–Crippen LogP) is 0.693. The fourth-order valence-electron chi connectivity index (χ4n) is 2.69. The van der Waals surface area contributed by atoms with Crippen molar-refractivity contribution < 1.29 is 19.2 Å². The minimum Gasteiger partial charge on any atom is -0.312 e. The molecule has 0 bridgehead atoms. The van der Waals surface area contributed by atoms with Crippen LogP contribution < -0.4 is 15.6 Å². The second-order valence-electron chi connectivity index (χ2n) is 5.75. The van der Waals surface area contributed by atoms with Crippen LogP contribution in [-0.4, -0.2) is 41.9 Å². The molecule has 1 aromatic carbocycles. The number of benzene rings is 1. The third-order valence-corrected chi connectivity index (χ3v) is 4.88. The molecule has 1 atom stereocenters. The monoisotopic (exact) mass is 394 g/mol. The summed E-state index contributed by atoms with van der Waals surface area (Å²) in [5.41, 5.74) is 4.10. The number of nitrogens with zero attached hydrogens (tertiary/aromatic N) is 2. The Kier molecular flexibility index (Phi) is 4.27. The lowest BCUT2D eigenvalue weighted by molar-refractivity contribution is -0.129. The van der Waals surface area contributed by atoms with Gasteiger partial charge in [0.05, 0.1) is 5.92 Å². The average Bonchev–Trinajstić information content (AvgIpc) is 3.05. The molecular weight excluding hydrogens is 380 g/mol. The van der Waals surface area contributed by atoms with Gasteiger partial charge in [0, 0.05) is 23.1 Å². The number of hydrogen-bond donors (Lipinski definition) is 2. The van der Waals surface area contributed by atoms with Gasteiger partial charge in [0.2, 0.25) is 17.7 Å². The Morgan fingerprint density at radius 1 is 1.33 bits per heavy atom. The molecule has 0 radical (unpaired) electrons. The summed E-state index contributed by atoms with van der Waals surface area (Å²) in [5, 5.41) is 2.99. The van der Waals surface area contributed by atoms with Gasteiger partial charge in [-0.3, -0.25) is 25.1 Å². The molecule has 2 saturated heterocycles. The molecule has 24 heavy (non-hydrogen) atoms. The first-order chi connectivity index (χ1) is 11.3. The molecule has 8 nitrogen and oxygen atoms in total. The molecule has 2 aliphatic rings. The number of hydrazine groups is 1. The lowest BCUT2D eigenvalue weighted by atomic mass is 10.1. The first-order valence-corrected chi connectivity index (χ1v) is 8.13. The molecule has 3 rings (SSSR count). The molecule has 0 spiro atoms. The number of rotatable bonds is 3. The van der Waals surface area contributed by atoms with Crippen molar-refractivity contribution in [1.82, 2.24) is 15.8 Å². The highest BCUT2D eigenvalue weighted by molar-refractivity contribution is 9.10. The fourth-order valence-corrected chi connectivity index (χ4v) is 2.93. The topological polar surface area (TPSA) is 98.8 Å². The van der Waals surface area contributed by atoms with Crippen LogP contribution in [0.1, 0.15) is 12.0 Å². The minimum absolute atomic E-state index is 0.0599. The number of anilines is 1. The number of nitrogens with one attached hydrogen (secondary N) is 2. The quantitative estimate of drug-likeness (QED) is 0.736. The van der Waals surface area contributed by atoms with Crippen LogP contribution in [0.15, 0.2) is 22.7 Å². The summed E-state index contributed by atoms with van der Waals surface area (Å²) < 4.78 is 0.942. The van der Waals surface area contributed by atoms with Crippen molar-refractivity contribution >= 4 is 45.4 Å². The van der Waals surface area contributed by atoms with Crippen molar-refractivity contribution in [2.24, 2.45) is 5.92 Å². The number of urea groups is 1. The van der Waals surface area contributed by atoms with E-state index in [1.165, 1.54) is 0 Å². The molecule has 9 heteroatoms. The molecule has 1 unspecified atom stereocenters. The van der Waals surface area contributed by atoms with E-state index in [1.807, 2.05) is 25.1 Å². The number of carbonyl (C=O) groups excluding carboxylic acids is 4. The second-order valence-corrected chi connectivity index (χ2v) is 6.61. The van der Waals surface area contributed by atoms with Gasteiger partial charge in [0.15, 0.2) is 0 Å². The third-order valence-electron chi connectivity index (χ3n) is 3.99. The number of amides is 5. The maximum absolute atomic E-state index is 12.3. The largest absolute Gasteiger partial charge is 0.343 e. The van der Waals surface area contributed by atoms with E-state index in [0.717, 1.165) is 20.7 Å². The highest BCUT2D eigenvalue weighted by atomic mass is 79.9. The predicted molar refractivity (Wildman–Crippen MR) is 87.7 cm³/mol. The van der Waals surface area contributed by atoms with Crippen LogP contribution in [0.25, 0.3) is 0 Å².